The molecule has 11 nitrogen and oxygen atoms in total. The number of nitrogens with one attached hydrogen (secondary N) is 3. The largest absolute Gasteiger partial charge is 0.488 e. The van der Waals surface area contributed by atoms with Gasteiger partial charge in [0, 0.05) is 36.1 Å². The number of anilines is 3. The molecule has 1 aromatic heterocycles. The zero-order valence-electron chi connectivity index (χ0n) is 24.0. The Kier molecular flexibility index (Phi) is 10.8. The van der Waals surface area contributed by atoms with Crippen LogP contribution < -0.4 is 25.6 Å². The van der Waals surface area contributed by atoms with Crippen molar-refractivity contribution in [3.05, 3.63) is 75.9 Å². The second kappa shape index (κ2) is 14.5. The van der Waals surface area contributed by atoms with Crippen LogP contribution in [0.25, 0.3) is 0 Å². The first-order valence-electron chi connectivity index (χ1n) is 13.5. The number of rotatable bonds is 11. The van der Waals surface area contributed by atoms with Gasteiger partial charge in [-0.25, -0.2) is 4.98 Å². The van der Waals surface area contributed by atoms with Crippen molar-refractivity contribution in [2.24, 2.45) is 0 Å². The molecule has 43 heavy (non-hydrogen) atoms. The first-order chi connectivity index (χ1) is 20.5. The molecule has 0 spiro atoms. The fourth-order valence-corrected chi connectivity index (χ4v) is 4.55. The Balaban J connectivity index is 1.61. The van der Waals surface area contributed by atoms with Gasteiger partial charge in [0.15, 0.2) is 6.23 Å². The van der Waals surface area contributed by atoms with Crippen LogP contribution in [0.5, 0.6) is 5.75 Å². The van der Waals surface area contributed by atoms with Crippen molar-refractivity contribution < 1.29 is 28.6 Å². The number of halogens is 2. The van der Waals surface area contributed by atoms with E-state index in [1.165, 1.54) is 18.3 Å². The molecule has 2 aromatic carbocycles. The second-order valence-corrected chi connectivity index (χ2v) is 11.4. The molecule has 2 heterocycles. The standard InChI is InChI=1S/C30H33Cl2N5O6/c1-30(2,3)43-27(34-18-38)17-42-25-15-21(37-10-12-41-13-11-37)6-8-23(25)29(40)35-24-14-19(31)4-7-22(24)28(39)36-26-9-5-20(32)16-33-26/h4-9,14-16,18,27H,10-13,17H2,1-3H3,(H,34,38)(H,35,40)(H,33,36,39). The Labute approximate surface area is 259 Å². The van der Waals surface area contributed by atoms with Crippen molar-refractivity contribution in [1.29, 1.82) is 0 Å². The van der Waals surface area contributed by atoms with Crippen molar-refractivity contribution >= 4 is 58.6 Å². The van der Waals surface area contributed by atoms with E-state index in [1.54, 1.807) is 30.3 Å². The SMILES string of the molecule is CC(C)(C)OC(COc1cc(N2CCOCC2)ccc1C(=O)Nc1cc(Cl)ccc1C(=O)Nc1ccc(Cl)cn1)NC=O. The first-order valence-corrected chi connectivity index (χ1v) is 14.3. The van der Waals surface area contributed by atoms with Crippen molar-refractivity contribution in [2.45, 2.75) is 32.6 Å². The predicted octanol–water partition coefficient (Wildman–Crippen LogP) is 5.00. The fourth-order valence-electron chi connectivity index (χ4n) is 4.26. The van der Waals surface area contributed by atoms with Crippen molar-refractivity contribution in [3.8, 4) is 5.75 Å². The highest BCUT2D eigenvalue weighted by Gasteiger charge is 2.23. The third-order valence-electron chi connectivity index (χ3n) is 6.17. The summed E-state index contributed by atoms with van der Waals surface area (Å²) in [5.74, 6) is -0.508. The third kappa shape index (κ3) is 9.29. The third-order valence-corrected chi connectivity index (χ3v) is 6.63. The molecule has 3 N–H and O–H groups in total. The molecule has 228 valence electrons. The molecule has 4 rings (SSSR count). The van der Waals surface area contributed by atoms with Crippen LogP contribution in [0.2, 0.25) is 10.0 Å². The highest BCUT2D eigenvalue weighted by atomic mass is 35.5. The number of nitrogens with zero attached hydrogens (tertiary/aromatic N) is 2. The molecule has 0 radical (unpaired) electrons. The van der Waals surface area contributed by atoms with Crippen LogP contribution in [0.1, 0.15) is 41.5 Å². The molecule has 1 saturated heterocycles. The monoisotopic (exact) mass is 629 g/mol. The van der Waals surface area contributed by atoms with E-state index in [4.69, 9.17) is 37.4 Å². The summed E-state index contributed by atoms with van der Waals surface area (Å²) >= 11 is 12.1. The van der Waals surface area contributed by atoms with Crippen LogP contribution >= 0.6 is 23.2 Å². The summed E-state index contributed by atoms with van der Waals surface area (Å²) in [7, 11) is 0. The predicted molar refractivity (Wildman–Crippen MR) is 165 cm³/mol. The summed E-state index contributed by atoms with van der Waals surface area (Å²) in [6, 6.07) is 12.9. The number of morpholine rings is 1. The first kappa shape index (κ1) is 32.0. The zero-order chi connectivity index (χ0) is 31.0. The number of hydrogen-bond donors (Lipinski definition) is 3. The van der Waals surface area contributed by atoms with Crippen molar-refractivity contribution in [3.63, 3.8) is 0 Å². The van der Waals surface area contributed by atoms with Gasteiger partial charge in [-0.15, -0.1) is 0 Å². The van der Waals surface area contributed by atoms with Crippen LogP contribution in [0, 0.1) is 0 Å². The van der Waals surface area contributed by atoms with E-state index in [0.29, 0.717) is 42.8 Å². The van der Waals surface area contributed by atoms with Crippen molar-refractivity contribution in [2.75, 3.05) is 48.4 Å². The highest BCUT2D eigenvalue weighted by Crippen LogP contribution is 2.29. The molecule has 0 bridgehead atoms. The lowest BCUT2D eigenvalue weighted by molar-refractivity contribution is -0.123. The van der Waals surface area contributed by atoms with Crippen LogP contribution in [-0.2, 0) is 14.3 Å². The molecule has 3 aromatic rings. The minimum Gasteiger partial charge on any atom is -0.488 e. The maximum absolute atomic E-state index is 13.7. The molecule has 1 atom stereocenters. The number of aromatic nitrogens is 1. The van der Waals surface area contributed by atoms with Gasteiger partial charge in [0.1, 0.15) is 18.2 Å². The Hall–Kier alpha value is -3.90. The Morgan fingerprint density at radius 3 is 2.37 bits per heavy atom. The van der Waals surface area contributed by atoms with Gasteiger partial charge in [-0.2, -0.15) is 0 Å². The maximum atomic E-state index is 13.7. The molecule has 1 unspecified atom stereocenters. The smallest absolute Gasteiger partial charge is 0.259 e. The fraction of sp³-hybridized carbons (Fsp3) is 0.333. The zero-order valence-corrected chi connectivity index (χ0v) is 25.5. The van der Waals surface area contributed by atoms with Gasteiger partial charge in [-0.05, 0) is 63.2 Å². The van der Waals surface area contributed by atoms with Crippen LogP contribution in [0.15, 0.2) is 54.7 Å². The average Bonchev–Trinajstić information content (AvgIpc) is 2.97. The maximum Gasteiger partial charge on any atom is 0.259 e. The van der Waals surface area contributed by atoms with E-state index < -0.39 is 23.6 Å². The Morgan fingerprint density at radius 2 is 1.70 bits per heavy atom. The molecule has 3 amide bonds. The van der Waals surface area contributed by atoms with Gasteiger partial charge < -0.3 is 35.1 Å². The normalized spacial score (nSPS) is 14.0. The topological polar surface area (TPSA) is 131 Å². The molecule has 0 aliphatic carbocycles. The second-order valence-electron chi connectivity index (χ2n) is 10.6. The molecule has 13 heteroatoms. The summed E-state index contributed by atoms with van der Waals surface area (Å²) < 4.78 is 17.4. The van der Waals surface area contributed by atoms with Gasteiger partial charge in [0.05, 0.1) is 40.7 Å². The van der Waals surface area contributed by atoms with Gasteiger partial charge in [0.2, 0.25) is 6.41 Å². The average molecular weight is 631 g/mol. The number of carbonyl (C=O) groups is 3. The van der Waals surface area contributed by atoms with Crippen LogP contribution in [-0.4, -0.2) is 67.9 Å². The van der Waals surface area contributed by atoms with Crippen molar-refractivity contribution in [1.82, 2.24) is 10.3 Å². The summed E-state index contributed by atoms with van der Waals surface area (Å²) in [6.45, 7) is 8.00. The summed E-state index contributed by atoms with van der Waals surface area (Å²) in [5.41, 5.74) is 0.817. The van der Waals surface area contributed by atoms with E-state index in [-0.39, 0.29) is 35.0 Å². The molecular weight excluding hydrogens is 597 g/mol. The Bertz CT molecular complexity index is 1440. The summed E-state index contributed by atoms with van der Waals surface area (Å²) in [5, 5.41) is 8.82. The van der Waals surface area contributed by atoms with Gasteiger partial charge in [-0.1, -0.05) is 23.2 Å². The molecule has 1 fully saturated rings. The van der Waals surface area contributed by atoms with E-state index in [1.807, 2.05) is 26.8 Å². The van der Waals surface area contributed by atoms with Crippen LogP contribution in [0.4, 0.5) is 17.2 Å². The van der Waals surface area contributed by atoms with Crippen LogP contribution in [0.3, 0.4) is 0 Å². The molecule has 1 aliphatic rings. The number of pyridine rings is 1. The number of carbonyl (C=O) groups excluding carboxylic acids is 3. The lowest BCUT2D eigenvalue weighted by Gasteiger charge is -2.30. The summed E-state index contributed by atoms with van der Waals surface area (Å²) in [6.07, 6.45) is 1.17. The van der Waals surface area contributed by atoms with E-state index in [2.05, 4.69) is 25.8 Å². The molecular formula is C30H33Cl2N5O6. The molecule has 0 saturated carbocycles. The lowest BCUT2D eigenvalue weighted by atomic mass is 10.1. The van der Waals surface area contributed by atoms with Gasteiger partial charge in [-0.3, -0.25) is 14.4 Å². The lowest BCUT2D eigenvalue weighted by Crippen LogP contribution is -2.41. The molecule has 1 aliphatic heterocycles. The quantitative estimate of drug-likeness (QED) is 0.200. The number of ether oxygens (including phenoxy) is 3. The van der Waals surface area contributed by atoms with E-state index in [9.17, 15) is 14.4 Å². The van der Waals surface area contributed by atoms with Gasteiger partial charge >= 0.3 is 0 Å². The number of hydrogen-bond acceptors (Lipinski definition) is 8. The van der Waals surface area contributed by atoms with Gasteiger partial charge in [0.25, 0.3) is 11.8 Å². The minimum atomic E-state index is -0.773. The number of amides is 3. The minimum absolute atomic E-state index is 0.0677. The summed E-state index contributed by atoms with van der Waals surface area (Å²) in [4.78, 5) is 44.2. The highest BCUT2D eigenvalue weighted by molar-refractivity contribution is 6.31. The Morgan fingerprint density at radius 1 is 1.00 bits per heavy atom. The van der Waals surface area contributed by atoms with E-state index in [0.717, 1.165) is 5.69 Å². The van der Waals surface area contributed by atoms with E-state index >= 15 is 0 Å². The number of benzene rings is 2.